The summed E-state index contributed by atoms with van der Waals surface area (Å²) in [5.74, 6) is -0.742. The van der Waals surface area contributed by atoms with Crippen molar-refractivity contribution in [1.82, 2.24) is 10.2 Å². The van der Waals surface area contributed by atoms with Gasteiger partial charge in [-0.25, -0.2) is 0 Å². The van der Waals surface area contributed by atoms with Crippen LogP contribution >= 0.6 is 12.2 Å². The molecule has 0 spiro atoms. The lowest BCUT2D eigenvalue weighted by Crippen LogP contribution is -2.53. The third-order valence-electron chi connectivity index (χ3n) is 4.67. The molecule has 0 unspecified atom stereocenters. The molecule has 172 valence electrons. The number of rotatable bonds is 7. The monoisotopic (exact) mass is 476 g/mol. The van der Waals surface area contributed by atoms with Crippen LogP contribution in [0.4, 0.5) is 13.2 Å². The van der Waals surface area contributed by atoms with Crippen LogP contribution in [0.25, 0.3) is 6.08 Å². The van der Waals surface area contributed by atoms with Gasteiger partial charge in [-0.15, -0.1) is 6.58 Å². The van der Waals surface area contributed by atoms with Crippen molar-refractivity contribution in [2.75, 3.05) is 13.7 Å². The van der Waals surface area contributed by atoms with Crippen LogP contribution in [0.2, 0.25) is 0 Å². The summed E-state index contributed by atoms with van der Waals surface area (Å²) in [6.45, 7) is 3.60. The molecule has 10 heteroatoms. The molecule has 1 N–H and O–H groups in total. The number of halogens is 3. The van der Waals surface area contributed by atoms with Crippen LogP contribution in [-0.4, -0.2) is 35.5 Å². The lowest BCUT2D eigenvalue weighted by molar-refractivity contribution is -0.137. The third-order valence-corrected chi connectivity index (χ3v) is 4.99. The van der Waals surface area contributed by atoms with Gasteiger partial charge in [-0.1, -0.05) is 18.2 Å². The molecule has 1 saturated heterocycles. The van der Waals surface area contributed by atoms with Crippen LogP contribution in [0.3, 0.4) is 0 Å². The van der Waals surface area contributed by atoms with Gasteiger partial charge in [0.2, 0.25) is 0 Å². The molecule has 2 amide bonds. The number of benzene rings is 2. The van der Waals surface area contributed by atoms with Gasteiger partial charge in [-0.05, 0) is 54.2 Å². The highest BCUT2D eigenvalue weighted by atomic mass is 32.1. The molecule has 2 aromatic carbocycles. The summed E-state index contributed by atoms with van der Waals surface area (Å²) in [6, 6.07) is 9.37. The van der Waals surface area contributed by atoms with Gasteiger partial charge in [0, 0.05) is 12.1 Å². The molecule has 0 atom stereocenters. The Bertz CT molecular complexity index is 1140. The highest BCUT2D eigenvalue weighted by Gasteiger charge is 2.33. The maximum Gasteiger partial charge on any atom is 0.416 e. The van der Waals surface area contributed by atoms with Crippen LogP contribution in [0, 0.1) is 0 Å². The Morgan fingerprint density at radius 2 is 1.94 bits per heavy atom. The summed E-state index contributed by atoms with van der Waals surface area (Å²) >= 11 is 5.03. The molecule has 6 nitrogen and oxygen atoms in total. The fraction of sp³-hybridized carbons (Fsp3) is 0.174. The fourth-order valence-corrected chi connectivity index (χ4v) is 3.33. The van der Waals surface area contributed by atoms with Gasteiger partial charge in [-0.2, -0.15) is 13.2 Å². The topological polar surface area (TPSA) is 67.9 Å². The molecule has 3 rings (SSSR count). The van der Waals surface area contributed by atoms with E-state index in [1.165, 1.54) is 36.3 Å². The largest absolute Gasteiger partial charge is 0.496 e. The summed E-state index contributed by atoms with van der Waals surface area (Å²) in [7, 11) is 1.44. The lowest BCUT2D eigenvalue weighted by Gasteiger charge is -2.27. The van der Waals surface area contributed by atoms with Gasteiger partial charge in [0.1, 0.15) is 23.7 Å². The third kappa shape index (κ3) is 5.58. The quantitative estimate of drug-likeness (QED) is 0.282. The zero-order chi connectivity index (χ0) is 24.2. The predicted octanol–water partition coefficient (Wildman–Crippen LogP) is 4.11. The maximum absolute atomic E-state index is 12.9. The number of carbonyl (C=O) groups excluding carboxylic acids is 2. The Balaban J connectivity index is 1.87. The summed E-state index contributed by atoms with van der Waals surface area (Å²) in [5.41, 5.74) is 0.0457. The zero-order valence-corrected chi connectivity index (χ0v) is 18.3. The van der Waals surface area contributed by atoms with E-state index in [4.69, 9.17) is 21.7 Å². The Morgan fingerprint density at radius 3 is 2.61 bits per heavy atom. The van der Waals surface area contributed by atoms with Crippen molar-refractivity contribution in [1.29, 1.82) is 0 Å². The molecular weight excluding hydrogens is 457 g/mol. The van der Waals surface area contributed by atoms with Gasteiger partial charge in [0.25, 0.3) is 11.8 Å². The van der Waals surface area contributed by atoms with Crippen molar-refractivity contribution in [3.8, 4) is 11.5 Å². The van der Waals surface area contributed by atoms with Crippen molar-refractivity contribution in [3.05, 3.63) is 77.4 Å². The van der Waals surface area contributed by atoms with Crippen LogP contribution in [0.5, 0.6) is 11.5 Å². The summed E-state index contributed by atoms with van der Waals surface area (Å²) in [4.78, 5) is 26.2. The van der Waals surface area contributed by atoms with Crippen LogP contribution in [-0.2, 0) is 22.4 Å². The van der Waals surface area contributed by atoms with Crippen LogP contribution in [0.15, 0.2) is 60.7 Å². The average Bonchev–Trinajstić information content (AvgIpc) is 2.77. The minimum atomic E-state index is -4.49. The van der Waals surface area contributed by atoms with E-state index < -0.39 is 23.6 Å². The fourth-order valence-electron chi connectivity index (χ4n) is 3.08. The number of carbonyl (C=O) groups is 2. The minimum absolute atomic E-state index is 0.00745. The van der Waals surface area contributed by atoms with Crippen molar-refractivity contribution in [2.24, 2.45) is 0 Å². The Kier molecular flexibility index (Phi) is 7.17. The van der Waals surface area contributed by atoms with E-state index in [0.717, 1.165) is 12.1 Å². The predicted molar refractivity (Wildman–Crippen MR) is 119 cm³/mol. The SMILES string of the molecule is C=CCN1C(=O)/C(=C/c2ccc(OC)c(COc3cccc(C(F)(F)F)c3)c2)C(=O)NC1=S. The van der Waals surface area contributed by atoms with Gasteiger partial charge < -0.3 is 9.47 Å². The molecule has 33 heavy (non-hydrogen) atoms. The maximum atomic E-state index is 12.9. The average molecular weight is 476 g/mol. The van der Waals surface area contributed by atoms with E-state index in [2.05, 4.69) is 11.9 Å². The number of alkyl halides is 3. The number of hydrogen-bond donors (Lipinski definition) is 1. The molecule has 2 aromatic rings. The molecule has 1 aliphatic rings. The second kappa shape index (κ2) is 9.86. The molecular formula is C23H19F3N2O4S. The van der Waals surface area contributed by atoms with E-state index in [1.54, 1.807) is 18.2 Å². The van der Waals surface area contributed by atoms with E-state index in [-0.39, 0.29) is 29.6 Å². The number of thiocarbonyl (C=S) groups is 1. The number of nitrogens with zero attached hydrogens (tertiary/aromatic N) is 1. The smallest absolute Gasteiger partial charge is 0.416 e. The molecule has 1 heterocycles. The Morgan fingerprint density at radius 1 is 1.18 bits per heavy atom. The summed E-state index contributed by atoms with van der Waals surface area (Å²) in [5, 5.41) is 2.45. The molecule has 0 aromatic heterocycles. The second-order valence-electron chi connectivity index (χ2n) is 6.91. The van der Waals surface area contributed by atoms with Crippen molar-refractivity contribution >= 4 is 35.2 Å². The number of ether oxygens (including phenoxy) is 2. The van der Waals surface area contributed by atoms with E-state index in [9.17, 15) is 22.8 Å². The minimum Gasteiger partial charge on any atom is -0.496 e. The van der Waals surface area contributed by atoms with E-state index in [1.807, 2.05) is 0 Å². The van der Waals surface area contributed by atoms with Crippen molar-refractivity contribution < 1.29 is 32.2 Å². The molecule has 1 fully saturated rings. The van der Waals surface area contributed by atoms with Crippen molar-refractivity contribution in [2.45, 2.75) is 12.8 Å². The summed E-state index contributed by atoms with van der Waals surface area (Å²) in [6.07, 6.45) is -1.61. The molecule has 0 saturated carbocycles. The number of hydrogen-bond acceptors (Lipinski definition) is 5. The lowest BCUT2D eigenvalue weighted by atomic mass is 10.0. The summed E-state index contributed by atoms with van der Waals surface area (Å²) < 4.78 is 49.6. The standard InChI is InChI=1S/C23H19F3N2O4S/c1-3-9-28-21(30)18(20(29)27-22(28)33)11-14-7-8-19(31-2)15(10-14)13-32-17-6-4-5-16(12-17)23(24,25)26/h3-8,10-12H,1,9,13H2,2H3,(H,27,29,33)/b18-11+. The number of nitrogens with one attached hydrogen (secondary N) is 1. The Labute approximate surface area is 193 Å². The highest BCUT2D eigenvalue weighted by molar-refractivity contribution is 7.80. The first-order valence-corrected chi connectivity index (χ1v) is 10.0. The zero-order valence-electron chi connectivity index (χ0n) is 17.4. The normalized spacial score (nSPS) is 15.5. The van der Waals surface area contributed by atoms with E-state index >= 15 is 0 Å². The van der Waals surface area contributed by atoms with Crippen LogP contribution < -0.4 is 14.8 Å². The Hall–Kier alpha value is -3.66. The highest BCUT2D eigenvalue weighted by Crippen LogP contribution is 2.32. The van der Waals surface area contributed by atoms with Gasteiger partial charge in [0.05, 0.1) is 12.7 Å². The molecule has 1 aliphatic heterocycles. The molecule has 0 bridgehead atoms. The second-order valence-corrected chi connectivity index (χ2v) is 7.29. The first-order valence-electron chi connectivity index (χ1n) is 9.60. The first-order chi connectivity index (χ1) is 15.6. The number of methoxy groups -OCH3 is 1. The van der Waals surface area contributed by atoms with E-state index in [0.29, 0.717) is 16.9 Å². The van der Waals surface area contributed by atoms with Crippen LogP contribution in [0.1, 0.15) is 16.7 Å². The van der Waals surface area contributed by atoms with Gasteiger partial charge in [0.15, 0.2) is 5.11 Å². The van der Waals surface area contributed by atoms with Gasteiger partial charge >= 0.3 is 6.18 Å². The first kappa shape index (κ1) is 24.0. The van der Waals surface area contributed by atoms with Gasteiger partial charge in [-0.3, -0.25) is 19.8 Å². The molecule has 0 aliphatic carbocycles. The number of amides is 2. The molecule has 0 radical (unpaired) electrons. The van der Waals surface area contributed by atoms with Crippen molar-refractivity contribution in [3.63, 3.8) is 0 Å².